The van der Waals surface area contributed by atoms with E-state index in [9.17, 15) is 18.5 Å². The Bertz CT molecular complexity index is 758. The Hall–Kier alpha value is -1.42. The first-order valence-corrected chi connectivity index (χ1v) is 7.93. The van der Waals surface area contributed by atoms with Crippen LogP contribution in [-0.4, -0.2) is 18.3 Å². The van der Waals surface area contributed by atoms with Gasteiger partial charge in [-0.15, -0.1) is 11.3 Å². The van der Waals surface area contributed by atoms with Gasteiger partial charge >= 0.3 is 0 Å². The van der Waals surface area contributed by atoms with E-state index in [-0.39, 0.29) is 19.4 Å². The van der Waals surface area contributed by atoms with Crippen LogP contribution in [0.5, 0.6) is 0 Å². The van der Waals surface area contributed by atoms with E-state index in [4.69, 9.17) is 23.2 Å². The fourth-order valence-electron chi connectivity index (χ4n) is 1.24. The average Bonchev–Trinajstić information content (AvgIpc) is 2.75. The van der Waals surface area contributed by atoms with Gasteiger partial charge in [0.1, 0.15) is 9.36 Å². The van der Waals surface area contributed by atoms with Crippen LogP contribution in [0, 0.1) is 10.1 Å². The first-order valence-electron chi connectivity index (χ1n) is 4.88. The average molecular weight is 354 g/mol. The molecule has 0 saturated carbocycles. The Morgan fingerprint density at radius 3 is 2.55 bits per heavy atom. The predicted octanol–water partition coefficient (Wildman–Crippen LogP) is 3.16. The summed E-state index contributed by atoms with van der Waals surface area (Å²) >= 11 is 11.8. The molecule has 20 heavy (non-hydrogen) atoms. The second-order valence-corrected chi connectivity index (χ2v) is 7.41. The van der Waals surface area contributed by atoms with E-state index in [0.29, 0.717) is 11.3 Å². The zero-order valence-corrected chi connectivity index (χ0v) is 12.6. The monoisotopic (exact) mass is 353 g/mol. The van der Waals surface area contributed by atoms with Crippen LogP contribution in [0.25, 0.3) is 0 Å². The number of sulfonamides is 1. The van der Waals surface area contributed by atoms with E-state index >= 15 is 0 Å². The smallest absolute Gasteiger partial charge is 0.277 e. The number of nitrogens with one attached hydrogen (secondary N) is 1. The standard InChI is InChI=1S/C9H5Cl2N3O4S2/c10-7-2-1-5(4-12-7)13-20(17,18)8-3-6(14(15)16)9(11)19-8/h1-4,13H. The maximum Gasteiger partial charge on any atom is 0.300 e. The summed E-state index contributed by atoms with van der Waals surface area (Å²) in [6.45, 7) is 0. The largest absolute Gasteiger partial charge is 0.300 e. The first-order chi connectivity index (χ1) is 9.29. The third-order valence-electron chi connectivity index (χ3n) is 2.09. The number of nitro groups is 1. The lowest BCUT2D eigenvalue weighted by molar-refractivity contribution is -0.384. The summed E-state index contributed by atoms with van der Waals surface area (Å²) in [5, 5.41) is 10.9. The molecule has 7 nitrogen and oxygen atoms in total. The highest BCUT2D eigenvalue weighted by Gasteiger charge is 2.25. The maximum atomic E-state index is 12.0. The maximum absolute atomic E-state index is 12.0. The second kappa shape index (κ2) is 5.52. The normalized spacial score (nSPS) is 11.3. The van der Waals surface area contributed by atoms with Gasteiger partial charge < -0.3 is 0 Å². The molecule has 11 heteroatoms. The lowest BCUT2D eigenvalue weighted by Gasteiger charge is -2.04. The molecule has 106 valence electrons. The SMILES string of the molecule is O=[N+]([O-])c1cc(S(=O)(=O)Nc2ccc(Cl)nc2)sc1Cl. The van der Waals surface area contributed by atoms with Crippen molar-refractivity contribution in [3.05, 3.63) is 44.0 Å². The number of rotatable bonds is 4. The molecule has 0 aliphatic carbocycles. The number of thiophene rings is 1. The molecule has 0 saturated heterocycles. The van der Waals surface area contributed by atoms with Gasteiger partial charge in [0.15, 0.2) is 4.34 Å². The summed E-state index contributed by atoms with van der Waals surface area (Å²) in [6, 6.07) is 3.72. The van der Waals surface area contributed by atoms with Crippen LogP contribution in [0.2, 0.25) is 9.49 Å². The topological polar surface area (TPSA) is 102 Å². The molecule has 0 radical (unpaired) electrons. The molecule has 0 fully saturated rings. The molecule has 0 atom stereocenters. The van der Waals surface area contributed by atoms with E-state index in [1.54, 1.807) is 0 Å². The summed E-state index contributed by atoms with van der Waals surface area (Å²) in [5.41, 5.74) is -0.271. The van der Waals surface area contributed by atoms with Crippen LogP contribution >= 0.6 is 34.5 Å². The molecule has 0 unspecified atom stereocenters. The van der Waals surface area contributed by atoms with Gasteiger partial charge in [-0.05, 0) is 12.1 Å². The van der Waals surface area contributed by atoms with Crippen molar-refractivity contribution in [3.63, 3.8) is 0 Å². The van der Waals surface area contributed by atoms with Gasteiger partial charge in [-0.1, -0.05) is 23.2 Å². The molecule has 0 aromatic carbocycles. The number of hydrogen-bond donors (Lipinski definition) is 1. The Morgan fingerprint density at radius 1 is 1.35 bits per heavy atom. The van der Waals surface area contributed by atoms with Crippen LogP contribution in [0.15, 0.2) is 28.6 Å². The van der Waals surface area contributed by atoms with Gasteiger partial charge in [0.2, 0.25) is 0 Å². The van der Waals surface area contributed by atoms with Crippen molar-refractivity contribution < 1.29 is 13.3 Å². The molecular formula is C9H5Cl2N3O4S2. The van der Waals surface area contributed by atoms with Crippen molar-refractivity contribution in [1.29, 1.82) is 0 Å². The summed E-state index contributed by atoms with van der Waals surface area (Å²) in [6.07, 6.45) is 1.23. The number of aromatic nitrogens is 1. The Labute approximate surface area is 127 Å². The fraction of sp³-hybridized carbons (Fsp3) is 0. The molecular weight excluding hydrogens is 349 g/mol. The Morgan fingerprint density at radius 2 is 2.05 bits per heavy atom. The number of halogens is 2. The van der Waals surface area contributed by atoms with E-state index < -0.39 is 20.6 Å². The number of nitrogens with zero attached hydrogens (tertiary/aromatic N) is 2. The molecule has 1 N–H and O–H groups in total. The van der Waals surface area contributed by atoms with E-state index in [0.717, 1.165) is 6.07 Å². The molecule has 0 bridgehead atoms. The van der Waals surface area contributed by atoms with E-state index in [2.05, 4.69) is 9.71 Å². The van der Waals surface area contributed by atoms with Crippen LogP contribution in [0.1, 0.15) is 0 Å². The Kier molecular flexibility index (Phi) is 4.14. The molecule has 0 amide bonds. The fourth-order valence-corrected chi connectivity index (χ4v) is 4.06. The molecule has 0 aliphatic heterocycles. The minimum absolute atomic E-state index is 0.182. The molecule has 0 aliphatic rings. The van der Waals surface area contributed by atoms with Gasteiger partial charge in [0, 0.05) is 6.07 Å². The first kappa shape index (κ1) is 15.0. The molecule has 2 aromatic rings. The van der Waals surface area contributed by atoms with E-state index in [1.807, 2.05) is 0 Å². The second-order valence-electron chi connectivity index (χ2n) is 3.46. The van der Waals surface area contributed by atoms with Crippen molar-refractivity contribution >= 4 is 55.9 Å². The summed E-state index contributed by atoms with van der Waals surface area (Å²) < 4.78 is 25.8. The van der Waals surface area contributed by atoms with Gasteiger partial charge in [-0.3, -0.25) is 14.8 Å². The van der Waals surface area contributed by atoms with Crippen LogP contribution in [0.3, 0.4) is 0 Å². The number of anilines is 1. The lowest BCUT2D eigenvalue weighted by atomic mass is 10.4. The van der Waals surface area contributed by atoms with Gasteiger partial charge in [0.05, 0.1) is 16.8 Å². The predicted molar refractivity (Wildman–Crippen MR) is 76.0 cm³/mol. The van der Waals surface area contributed by atoms with Crippen molar-refractivity contribution in [2.45, 2.75) is 4.21 Å². The van der Waals surface area contributed by atoms with Gasteiger partial charge in [-0.25, -0.2) is 13.4 Å². The van der Waals surface area contributed by atoms with E-state index in [1.165, 1.54) is 18.3 Å². The Balaban J connectivity index is 2.33. The minimum Gasteiger partial charge on any atom is -0.277 e. The molecule has 0 spiro atoms. The third-order valence-corrected chi connectivity index (χ3v) is 5.50. The van der Waals surface area contributed by atoms with Crippen molar-refractivity contribution in [2.75, 3.05) is 4.72 Å². The minimum atomic E-state index is -3.96. The zero-order valence-electron chi connectivity index (χ0n) is 9.41. The van der Waals surface area contributed by atoms with Crippen LogP contribution in [0.4, 0.5) is 11.4 Å². The van der Waals surface area contributed by atoms with Gasteiger partial charge in [0.25, 0.3) is 15.7 Å². The zero-order chi connectivity index (χ0) is 14.9. The van der Waals surface area contributed by atoms with Crippen molar-refractivity contribution in [3.8, 4) is 0 Å². The highest BCUT2D eigenvalue weighted by atomic mass is 35.5. The van der Waals surface area contributed by atoms with Crippen molar-refractivity contribution in [2.24, 2.45) is 0 Å². The third kappa shape index (κ3) is 3.18. The highest BCUT2D eigenvalue weighted by molar-refractivity contribution is 7.94. The summed E-state index contributed by atoms with van der Waals surface area (Å²) in [5.74, 6) is 0. The number of hydrogen-bond acceptors (Lipinski definition) is 6. The van der Waals surface area contributed by atoms with Crippen LogP contribution < -0.4 is 4.72 Å². The van der Waals surface area contributed by atoms with Gasteiger partial charge in [-0.2, -0.15) is 0 Å². The molecule has 2 aromatic heterocycles. The quantitative estimate of drug-likeness (QED) is 0.516. The molecule has 2 heterocycles. The summed E-state index contributed by atoms with van der Waals surface area (Å²) in [4.78, 5) is 13.6. The lowest BCUT2D eigenvalue weighted by Crippen LogP contribution is -2.11. The number of pyridine rings is 1. The highest BCUT2D eigenvalue weighted by Crippen LogP contribution is 2.36. The van der Waals surface area contributed by atoms with Crippen LogP contribution in [-0.2, 0) is 10.0 Å². The van der Waals surface area contributed by atoms with Crippen molar-refractivity contribution in [1.82, 2.24) is 4.98 Å². The summed E-state index contributed by atoms with van der Waals surface area (Å²) in [7, 11) is -3.96. The molecule has 2 rings (SSSR count).